The molecule has 1 heterocycles. The van der Waals surface area contributed by atoms with Crippen LogP contribution >= 0.6 is 0 Å². The van der Waals surface area contributed by atoms with Crippen molar-refractivity contribution in [3.63, 3.8) is 0 Å². The topological polar surface area (TPSA) is 92.4 Å². The predicted octanol–water partition coefficient (Wildman–Crippen LogP) is 3.14. The molecule has 30 heavy (non-hydrogen) atoms. The van der Waals surface area contributed by atoms with E-state index in [-0.39, 0.29) is 5.91 Å². The van der Waals surface area contributed by atoms with E-state index < -0.39 is 0 Å². The first-order chi connectivity index (χ1) is 14.5. The van der Waals surface area contributed by atoms with Crippen molar-refractivity contribution in [1.82, 2.24) is 14.7 Å². The molecule has 0 aliphatic heterocycles. The number of benzene rings is 2. The monoisotopic (exact) mass is 405 g/mol. The molecule has 0 unspecified atom stereocenters. The minimum atomic E-state index is -0.242. The van der Waals surface area contributed by atoms with E-state index in [2.05, 4.69) is 10.4 Å². The lowest BCUT2D eigenvalue weighted by molar-refractivity contribution is 0.102. The van der Waals surface area contributed by atoms with Crippen LogP contribution in [0.5, 0.6) is 11.5 Å². The first-order valence-electron chi connectivity index (χ1n) is 9.33. The van der Waals surface area contributed by atoms with Crippen molar-refractivity contribution in [2.45, 2.75) is 0 Å². The first-order valence-corrected chi connectivity index (χ1v) is 9.33. The van der Waals surface area contributed by atoms with Crippen molar-refractivity contribution in [2.24, 2.45) is 7.05 Å². The molecule has 0 spiro atoms. The Hall–Kier alpha value is -3.99. The van der Waals surface area contributed by atoms with E-state index >= 15 is 0 Å². The summed E-state index contributed by atoms with van der Waals surface area (Å²) in [6, 6.07) is 14.3. The molecular formula is C22H23N5O3. The fraction of sp³-hybridized carbons (Fsp3) is 0.227. The summed E-state index contributed by atoms with van der Waals surface area (Å²) in [5.41, 5.74) is 2.76. The zero-order valence-electron chi connectivity index (χ0n) is 17.1. The lowest BCUT2D eigenvalue weighted by Crippen LogP contribution is -2.19. The van der Waals surface area contributed by atoms with Crippen LogP contribution in [-0.2, 0) is 7.05 Å². The van der Waals surface area contributed by atoms with E-state index in [1.807, 2.05) is 25.4 Å². The third kappa shape index (κ3) is 4.89. The second kappa shape index (κ2) is 9.47. The van der Waals surface area contributed by atoms with Crippen molar-refractivity contribution in [1.29, 1.82) is 5.26 Å². The molecule has 0 radical (unpaired) electrons. The highest BCUT2D eigenvalue weighted by molar-refractivity contribution is 6.04. The zero-order valence-corrected chi connectivity index (χ0v) is 17.1. The van der Waals surface area contributed by atoms with E-state index in [1.165, 1.54) is 4.90 Å². The predicted molar refractivity (Wildman–Crippen MR) is 113 cm³/mol. The molecule has 0 saturated heterocycles. The highest BCUT2D eigenvalue weighted by atomic mass is 16.5. The highest BCUT2D eigenvalue weighted by Gasteiger charge is 2.14. The number of methoxy groups -OCH3 is 1. The normalized spacial score (nSPS) is 10.2. The minimum absolute atomic E-state index is 0.242. The fourth-order valence-corrected chi connectivity index (χ4v) is 2.88. The second-order valence-electron chi connectivity index (χ2n) is 6.61. The minimum Gasteiger partial charge on any atom is -0.497 e. The van der Waals surface area contributed by atoms with E-state index in [1.54, 1.807) is 61.4 Å². The summed E-state index contributed by atoms with van der Waals surface area (Å²) in [5, 5.41) is 16.0. The molecule has 0 bridgehead atoms. The van der Waals surface area contributed by atoms with Gasteiger partial charge in [-0.05, 0) is 42.5 Å². The number of amides is 1. The Balaban J connectivity index is 1.85. The summed E-state index contributed by atoms with van der Waals surface area (Å²) in [4.78, 5) is 14.2. The molecule has 8 heteroatoms. The number of anilines is 1. The summed E-state index contributed by atoms with van der Waals surface area (Å²) in [5.74, 6) is 1.02. The van der Waals surface area contributed by atoms with Gasteiger partial charge in [0.2, 0.25) is 0 Å². The van der Waals surface area contributed by atoms with Crippen LogP contribution < -0.4 is 14.8 Å². The maximum atomic E-state index is 12.7. The molecule has 2 aromatic carbocycles. The quantitative estimate of drug-likeness (QED) is 0.457. The van der Waals surface area contributed by atoms with Gasteiger partial charge in [-0.3, -0.25) is 9.48 Å². The van der Waals surface area contributed by atoms with Crippen LogP contribution in [0.2, 0.25) is 0 Å². The highest BCUT2D eigenvalue weighted by Crippen LogP contribution is 2.32. The summed E-state index contributed by atoms with van der Waals surface area (Å²) in [6.07, 6.45) is 3.74. The molecule has 1 amide bonds. The summed E-state index contributed by atoms with van der Waals surface area (Å²) < 4.78 is 12.8. The van der Waals surface area contributed by atoms with Crippen LogP contribution in [0.4, 0.5) is 5.69 Å². The van der Waals surface area contributed by atoms with Crippen molar-refractivity contribution >= 4 is 11.6 Å². The largest absolute Gasteiger partial charge is 0.497 e. The van der Waals surface area contributed by atoms with Crippen molar-refractivity contribution < 1.29 is 14.3 Å². The lowest BCUT2D eigenvalue weighted by atomic mass is 10.1. The van der Waals surface area contributed by atoms with Gasteiger partial charge in [0, 0.05) is 37.1 Å². The van der Waals surface area contributed by atoms with Gasteiger partial charge in [0.25, 0.3) is 5.91 Å². The van der Waals surface area contributed by atoms with Gasteiger partial charge >= 0.3 is 0 Å². The molecule has 8 nitrogen and oxygen atoms in total. The molecular weight excluding hydrogens is 382 g/mol. The molecule has 0 saturated carbocycles. The van der Waals surface area contributed by atoms with E-state index in [4.69, 9.17) is 14.7 Å². The van der Waals surface area contributed by atoms with Gasteiger partial charge in [-0.1, -0.05) is 6.07 Å². The summed E-state index contributed by atoms with van der Waals surface area (Å²) in [7, 11) is 5.09. The number of carbonyl (C=O) groups excluding carboxylic acids is 1. The number of aryl methyl sites for hydroxylation is 1. The second-order valence-corrected chi connectivity index (χ2v) is 6.61. The molecule has 3 rings (SSSR count). The molecule has 0 aliphatic carbocycles. The molecule has 1 aromatic heterocycles. The van der Waals surface area contributed by atoms with E-state index in [9.17, 15) is 4.79 Å². The van der Waals surface area contributed by atoms with E-state index in [0.717, 1.165) is 11.3 Å². The maximum absolute atomic E-state index is 12.7. The Morgan fingerprint density at radius 1 is 1.27 bits per heavy atom. The third-order valence-corrected chi connectivity index (χ3v) is 4.52. The Labute approximate surface area is 175 Å². The van der Waals surface area contributed by atoms with Crippen LogP contribution in [-0.4, -0.2) is 47.9 Å². The Morgan fingerprint density at radius 2 is 2.10 bits per heavy atom. The number of nitrogens with one attached hydrogen (secondary N) is 1. The van der Waals surface area contributed by atoms with Gasteiger partial charge in [0.1, 0.15) is 18.1 Å². The van der Waals surface area contributed by atoms with Gasteiger partial charge in [-0.15, -0.1) is 0 Å². The Kier molecular flexibility index (Phi) is 6.55. The summed E-state index contributed by atoms with van der Waals surface area (Å²) in [6.45, 7) is 0.820. The molecule has 3 aromatic rings. The average Bonchev–Trinajstić information content (AvgIpc) is 3.20. The van der Waals surface area contributed by atoms with Crippen molar-refractivity contribution in [3.8, 4) is 28.9 Å². The Morgan fingerprint density at radius 3 is 2.80 bits per heavy atom. The van der Waals surface area contributed by atoms with Crippen molar-refractivity contribution in [2.75, 3.05) is 32.6 Å². The standard InChI is InChI=1S/C22H23N5O3/c1-26(15-23)11-12-30-21-8-7-17(14-19(21)20-9-10-24-27(20)2)25-22(28)16-5-4-6-18(13-16)29-3/h4-10,13-14H,11-12H2,1-3H3,(H,25,28). The van der Waals surface area contributed by atoms with Crippen LogP contribution in [0.3, 0.4) is 0 Å². The number of ether oxygens (including phenoxy) is 2. The number of hydrogen-bond acceptors (Lipinski definition) is 6. The van der Waals surface area contributed by atoms with Gasteiger partial charge in [-0.25, -0.2) is 0 Å². The third-order valence-electron chi connectivity index (χ3n) is 4.52. The van der Waals surface area contributed by atoms with Crippen molar-refractivity contribution in [3.05, 3.63) is 60.3 Å². The van der Waals surface area contributed by atoms with Crippen LogP contribution in [0.15, 0.2) is 54.7 Å². The van der Waals surface area contributed by atoms with Crippen LogP contribution in [0, 0.1) is 11.5 Å². The molecule has 0 aliphatic rings. The number of likely N-dealkylation sites (N-methyl/N-ethyl adjacent to an activating group) is 1. The molecule has 1 N–H and O–H groups in total. The smallest absolute Gasteiger partial charge is 0.255 e. The molecule has 0 fully saturated rings. The van der Waals surface area contributed by atoms with Crippen LogP contribution in [0.25, 0.3) is 11.3 Å². The lowest BCUT2D eigenvalue weighted by Gasteiger charge is -2.15. The number of nitriles is 1. The number of hydrogen-bond donors (Lipinski definition) is 1. The SMILES string of the molecule is COc1cccc(C(=O)Nc2ccc(OCCN(C)C#N)c(-c3ccnn3C)c2)c1. The van der Waals surface area contributed by atoms with E-state index in [0.29, 0.717) is 35.9 Å². The number of carbonyl (C=O) groups is 1. The number of nitrogens with zero attached hydrogens (tertiary/aromatic N) is 4. The summed E-state index contributed by atoms with van der Waals surface area (Å²) >= 11 is 0. The fourth-order valence-electron chi connectivity index (χ4n) is 2.88. The van der Waals surface area contributed by atoms with Crippen LogP contribution in [0.1, 0.15) is 10.4 Å². The molecule has 154 valence electrons. The van der Waals surface area contributed by atoms with Gasteiger partial charge in [0.05, 0.1) is 19.3 Å². The van der Waals surface area contributed by atoms with Gasteiger partial charge in [0.15, 0.2) is 6.19 Å². The number of rotatable bonds is 8. The average molecular weight is 405 g/mol. The zero-order chi connectivity index (χ0) is 21.5. The first kappa shape index (κ1) is 20.7. The molecule has 0 atom stereocenters. The Bertz CT molecular complexity index is 1070. The van der Waals surface area contributed by atoms with Gasteiger partial charge < -0.3 is 19.7 Å². The van der Waals surface area contributed by atoms with Gasteiger partial charge in [-0.2, -0.15) is 10.4 Å². The number of aromatic nitrogens is 2. The maximum Gasteiger partial charge on any atom is 0.255 e.